The van der Waals surface area contributed by atoms with Crippen molar-refractivity contribution in [1.82, 2.24) is 10.2 Å². The molecule has 1 saturated heterocycles. The molecule has 0 radical (unpaired) electrons. The summed E-state index contributed by atoms with van der Waals surface area (Å²) < 4.78 is 5.21. The zero-order valence-corrected chi connectivity index (χ0v) is 13.6. The largest absolute Gasteiger partial charge is 0.444 e. The van der Waals surface area contributed by atoms with Gasteiger partial charge in [-0.05, 0) is 52.9 Å². The molecule has 1 aliphatic heterocycles. The summed E-state index contributed by atoms with van der Waals surface area (Å²) in [6, 6.07) is -0.144. The molecule has 1 saturated carbocycles. The molecule has 1 heterocycles. The topological polar surface area (TPSA) is 58.6 Å². The normalized spacial score (nSPS) is 27.0. The molecule has 5 heteroatoms. The van der Waals surface area contributed by atoms with Gasteiger partial charge in [-0.25, -0.2) is 4.79 Å². The summed E-state index contributed by atoms with van der Waals surface area (Å²) in [5.41, 5.74) is -0.547. The zero-order chi connectivity index (χ0) is 15.6. The average molecular weight is 296 g/mol. The molecule has 2 aliphatic rings. The number of amides is 2. The van der Waals surface area contributed by atoms with Gasteiger partial charge in [0.05, 0.1) is 0 Å². The summed E-state index contributed by atoms with van der Waals surface area (Å²) in [6.45, 7) is 8.00. The molecular formula is C16H28N2O3. The minimum Gasteiger partial charge on any atom is -0.444 e. The van der Waals surface area contributed by atoms with Crippen molar-refractivity contribution >= 4 is 12.0 Å². The Bertz CT molecular complexity index is 403. The van der Waals surface area contributed by atoms with Crippen LogP contribution in [0.2, 0.25) is 0 Å². The summed E-state index contributed by atoms with van der Waals surface area (Å²) in [5, 5.41) is 2.66. The lowest BCUT2D eigenvalue weighted by atomic mass is 9.85. The minimum absolute atomic E-state index is 0.0234. The van der Waals surface area contributed by atoms with Crippen molar-refractivity contribution in [1.29, 1.82) is 0 Å². The number of ether oxygens (including phenoxy) is 1. The number of fused-ring (bicyclic) bond motifs is 1. The third-order valence-electron chi connectivity index (χ3n) is 4.40. The van der Waals surface area contributed by atoms with E-state index in [1.54, 1.807) is 6.92 Å². The van der Waals surface area contributed by atoms with Crippen LogP contribution >= 0.6 is 0 Å². The van der Waals surface area contributed by atoms with Crippen molar-refractivity contribution in [2.24, 2.45) is 5.92 Å². The SMILES string of the molecule is C[C@H](NC(=O)OC(C)(C)C)C(=O)N1CC[C@@H]2CCCC[C@@H]21. The highest BCUT2D eigenvalue weighted by Gasteiger charge is 2.39. The number of hydrogen-bond donors (Lipinski definition) is 1. The lowest BCUT2D eigenvalue weighted by molar-refractivity contribution is -0.134. The van der Waals surface area contributed by atoms with Crippen LogP contribution in [0.15, 0.2) is 0 Å². The van der Waals surface area contributed by atoms with Gasteiger partial charge >= 0.3 is 6.09 Å². The van der Waals surface area contributed by atoms with Crippen LogP contribution in [0.3, 0.4) is 0 Å². The van der Waals surface area contributed by atoms with Gasteiger partial charge in [0.15, 0.2) is 0 Å². The predicted molar refractivity (Wildman–Crippen MR) is 80.9 cm³/mol. The minimum atomic E-state index is -0.547. The highest BCUT2D eigenvalue weighted by Crippen LogP contribution is 2.36. The monoisotopic (exact) mass is 296 g/mol. The molecule has 0 spiro atoms. The maximum absolute atomic E-state index is 12.6. The average Bonchev–Trinajstić information content (AvgIpc) is 2.79. The van der Waals surface area contributed by atoms with Gasteiger partial charge in [0.1, 0.15) is 11.6 Å². The predicted octanol–water partition coefficient (Wildman–Crippen LogP) is 2.69. The third-order valence-corrected chi connectivity index (χ3v) is 4.40. The number of alkyl carbamates (subject to hydrolysis) is 1. The molecule has 0 aromatic carbocycles. The van der Waals surface area contributed by atoms with E-state index in [4.69, 9.17) is 4.74 Å². The quantitative estimate of drug-likeness (QED) is 0.852. The van der Waals surface area contributed by atoms with E-state index in [1.807, 2.05) is 25.7 Å². The summed E-state index contributed by atoms with van der Waals surface area (Å²) in [7, 11) is 0. The van der Waals surface area contributed by atoms with E-state index >= 15 is 0 Å². The standard InChI is InChI=1S/C16H28N2O3/c1-11(17-15(20)21-16(2,3)4)14(19)18-10-9-12-7-5-6-8-13(12)18/h11-13H,5-10H2,1-4H3,(H,17,20)/t11-,12-,13-/m0/s1. The van der Waals surface area contributed by atoms with E-state index in [0.29, 0.717) is 12.0 Å². The van der Waals surface area contributed by atoms with Crippen molar-refractivity contribution in [2.45, 2.75) is 77.5 Å². The highest BCUT2D eigenvalue weighted by molar-refractivity contribution is 5.85. The molecule has 0 unspecified atom stereocenters. The molecule has 120 valence electrons. The first-order valence-corrected chi connectivity index (χ1v) is 8.08. The molecule has 1 aliphatic carbocycles. The number of hydrogen-bond acceptors (Lipinski definition) is 3. The molecule has 0 aromatic rings. The van der Waals surface area contributed by atoms with Crippen molar-refractivity contribution < 1.29 is 14.3 Å². The van der Waals surface area contributed by atoms with Crippen molar-refractivity contribution in [3.8, 4) is 0 Å². The smallest absolute Gasteiger partial charge is 0.408 e. The van der Waals surface area contributed by atoms with Crippen LogP contribution in [0.4, 0.5) is 4.79 Å². The van der Waals surface area contributed by atoms with E-state index in [0.717, 1.165) is 19.4 Å². The second-order valence-electron chi connectivity index (χ2n) is 7.30. The lowest BCUT2D eigenvalue weighted by Crippen LogP contribution is -2.50. The van der Waals surface area contributed by atoms with Crippen molar-refractivity contribution in [3.63, 3.8) is 0 Å². The Balaban J connectivity index is 1.89. The first-order valence-electron chi connectivity index (χ1n) is 8.08. The second-order valence-corrected chi connectivity index (χ2v) is 7.30. The van der Waals surface area contributed by atoms with Crippen LogP contribution in [0, 0.1) is 5.92 Å². The Kier molecular flexibility index (Phi) is 4.79. The van der Waals surface area contributed by atoms with Gasteiger partial charge in [-0.3, -0.25) is 4.79 Å². The summed E-state index contributed by atoms with van der Waals surface area (Å²) in [6.07, 6.45) is 5.42. The van der Waals surface area contributed by atoms with E-state index in [1.165, 1.54) is 19.3 Å². The molecule has 2 fully saturated rings. The highest BCUT2D eigenvalue weighted by atomic mass is 16.6. The Morgan fingerprint density at radius 2 is 1.86 bits per heavy atom. The number of carbonyl (C=O) groups excluding carboxylic acids is 2. The van der Waals surface area contributed by atoms with Gasteiger partial charge in [0.25, 0.3) is 0 Å². The second kappa shape index (κ2) is 6.24. The van der Waals surface area contributed by atoms with Crippen LogP contribution < -0.4 is 5.32 Å². The van der Waals surface area contributed by atoms with Gasteiger partial charge in [-0.2, -0.15) is 0 Å². The van der Waals surface area contributed by atoms with Crippen molar-refractivity contribution in [2.75, 3.05) is 6.54 Å². The molecule has 5 nitrogen and oxygen atoms in total. The van der Waals surface area contributed by atoms with Gasteiger partial charge in [-0.15, -0.1) is 0 Å². The Morgan fingerprint density at radius 3 is 2.52 bits per heavy atom. The molecule has 21 heavy (non-hydrogen) atoms. The fraction of sp³-hybridized carbons (Fsp3) is 0.875. The Morgan fingerprint density at radius 1 is 1.19 bits per heavy atom. The van der Waals surface area contributed by atoms with E-state index < -0.39 is 17.7 Å². The van der Waals surface area contributed by atoms with Gasteiger partial charge in [-0.1, -0.05) is 12.8 Å². The summed E-state index contributed by atoms with van der Waals surface area (Å²) >= 11 is 0. The Hall–Kier alpha value is -1.26. The van der Waals surface area contributed by atoms with Crippen LogP contribution in [0.1, 0.15) is 59.8 Å². The summed E-state index contributed by atoms with van der Waals surface area (Å²) in [4.78, 5) is 26.3. The van der Waals surface area contributed by atoms with Gasteiger partial charge in [0.2, 0.25) is 5.91 Å². The third kappa shape index (κ3) is 4.11. The lowest BCUT2D eigenvalue weighted by Gasteiger charge is -2.33. The Labute approximate surface area is 127 Å². The number of carbonyl (C=O) groups is 2. The molecule has 2 amide bonds. The fourth-order valence-corrected chi connectivity index (χ4v) is 3.47. The van der Waals surface area contributed by atoms with Crippen LogP contribution in [0.25, 0.3) is 0 Å². The molecule has 2 rings (SSSR count). The van der Waals surface area contributed by atoms with Crippen LogP contribution in [-0.4, -0.2) is 41.1 Å². The number of nitrogens with zero attached hydrogens (tertiary/aromatic N) is 1. The van der Waals surface area contributed by atoms with E-state index in [-0.39, 0.29) is 5.91 Å². The number of likely N-dealkylation sites (tertiary alicyclic amines) is 1. The fourth-order valence-electron chi connectivity index (χ4n) is 3.47. The first-order chi connectivity index (χ1) is 9.78. The first kappa shape index (κ1) is 16.1. The molecule has 0 bridgehead atoms. The molecular weight excluding hydrogens is 268 g/mol. The van der Waals surface area contributed by atoms with Gasteiger partial charge < -0.3 is 15.0 Å². The number of rotatable bonds is 2. The van der Waals surface area contributed by atoms with Gasteiger partial charge in [0, 0.05) is 12.6 Å². The summed E-state index contributed by atoms with van der Waals surface area (Å²) in [5.74, 6) is 0.687. The maximum Gasteiger partial charge on any atom is 0.408 e. The van der Waals surface area contributed by atoms with E-state index in [9.17, 15) is 9.59 Å². The van der Waals surface area contributed by atoms with Crippen molar-refractivity contribution in [3.05, 3.63) is 0 Å². The number of nitrogens with one attached hydrogen (secondary N) is 1. The molecule has 0 aromatic heterocycles. The zero-order valence-electron chi connectivity index (χ0n) is 13.6. The maximum atomic E-state index is 12.6. The molecule has 1 N–H and O–H groups in total. The van der Waals surface area contributed by atoms with Crippen LogP contribution in [0.5, 0.6) is 0 Å². The van der Waals surface area contributed by atoms with Crippen LogP contribution in [-0.2, 0) is 9.53 Å². The molecule has 3 atom stereocenters. The van der Waals surface area contributed by atoms with E-state index in [2.05, 4.69) is 5.32 Å².